The third-order valence-electron chi connectivity index (χ3n) is 5.53. The Bertz CT molecular complexity index is 838. The Balaban J connectivity index is 1.40. The lowest BCUT2D eigenvalue weighted by atomic mass is 9.90. The van der Waals surface area contributed by atoms with Crippen LogP contribution in [-0.2, 0) is 11.3 Å². The van der Waals surface area contributed by atoms with E-state index < -0.39 is 11.7 Å². The van der Waals surface area contributed by atoms with Crippen LogP contribution in [0.3, 0.4) is 0 Å². The van der Waals surface area contributed by atoms with Crippen molar-refractivity contribution in [3.63, 3.8) is 0 Å². The average Bonchev–Trinajstić information content (AvgIpc) is 3.34. The van der Waals surface area contributed by atoms with Gasteiger partial charge in [0.15, 0.2) is 0 Å². The van der Waals surface area contributed by atoms with Crippen LogP contribution < -0.4 is 5.43 Å². The summed E-state index contributed by atoms with van der Waals surface area (Å²) >= 11 is 1.37. The molecule has 1 N–H and O–H groups in total. The van der Waals surface area contributed by atoms with E-state index in [1.165, 1.54) is 22.0 Å². The molecule has 4 rings (SSSR count). The molecular weight excluding hydrogens is 376 g/mol. The van der Waals surface area contributed by atoms with Gasteiger partial charge in [0.2, 0.25) is 0 Å². The van der Waals surface area contributed by atoms with Gasteiger partial charge >= 0.3 is 6.09 Å². The number of hydrogen-bond acceptors (Lipinski definition) is 5. The first-order chi connectivity index (χ1) is 13.5. The number of ether oxygens (including phenoxy) is 1. The lowest BCUT2D eigenvalue weighted by Crippen LogP contribution is -2.64. The number of hydrogen-bond donors (Lipinski definition) is 1. The largest absolute Gasteiger partial charge is 0.440 e. The minimum Gasteiger partial charge on any atom is -0.440 e. The summed E-state index contributed by atoms with van der Waals surface area (Å²) in [4.78, 5) is 27.8. The summed E-state index contributed by atoms with van der Waals surface area (Å²) < 4.78 is 7.97. The first-order valence-electron chi connectivity index (χ1n) is 9.69. The van der Waals surface area contributed by atoms with E-state index in [2.05, 4.69) is 47.1 Å². The molecule has 2 aliphatic rings. The van der Waals surface area contributed by atoms with Crippen LogP contribution in [0.1, 0.15) is 48.1 Å². The molecule has 2 fully saturated rings. The summed E-state index contributed by atoms with van der Waals surface area (Å²) in [6.45, 7) is 7.29. The van der Waals surface area contributed by atoms with Crippen molar-refractivity contribution in [3.05, 3.63) is 46.4 Å². The number of hydrazine groups is 1. The third-order valence-corrected chi connectivity index (χ3v) is 6.39. The van der Waals surface area contributed by atoms with Crippen LogP contribution in [0, 0.1) is 0 Å². The molecular formula is C20H26N4O3S. The Morgan fingerprint density at radius 2 is 2.07 bits per heavy atom. The Kier molecular flexibility index (Phi) is 5.16. The molecule has 4 heterocycles. The maximum Gasteiger partial charge on any atom is 0.426 e. The van der Waals surface area contributed by atoms with E-state index in [0.717, 1.165) is 32.5 Å². The van der Waals surface area contributed by atoms with Gasteiger partial charge in [-0.3, -0.25) is 9.69 Å². The quantitative estimate of drug-likeness (QED) is 0.852. The van der Waals surface area contributed by atoms with Crippen molar-refractivity contribution in [2.75, 3.05) is 19.6 Å². The van der Waals surface area contributed by atoms with Crippen molar-refractivity contribution < 1.29 is 14.3 Å². The van der Waals surface area contributed by atoms with Crippen LogP contribution in [0.2, 0.25) is 0 Å². The number of carbonyl (C=O) groups is 2. The van der Waals surface area contributed by atoms with Gasteiger partial charge in [-0.05, 0) is 37.4 Å². The highest BCUT2D eigenvalue weighted by atomic mass is 32.1. The lowest BCUT2D eigenvalue weighted by molar-refractivity contribution is -0.0889. The number of amides is 2. The average molecular weight is 403 g/mol. The fourth-order valence-corrected chi connectivity index (χ4v) is 4.69. The van der Waals surface area contributed by atoms with Crippen LogP contribution >= 0.6 is 11.3 Å². The first-order valence-corrected chi connectivity index (χ1v) is 10.6. The second-order valence-electron chi connectivity index (χ2n) is 7.83. The molecule has 150 valence electrons. The molecule has 1 spiro atoms. The molecule has 8 heteroatoms. The minimum absolute atomic E-state index is 0.178. The molecule has 7 nitrogen and oxygen atoms in total. The van der Waals surface area contributed by atoms with Crippen molar-refractivity contribution in [2.24, 2.45) is 0 Å². The summed E-state index contributed by atoms with van der Waals surface area (Å²) in [5, 5.41) is 3.27. The van der Waals surface area contributed by atoms with E-state index >= 15 is 0 Å². The SMILES string of the molecule is CC(C)n1cccc1CN1CCC2(CC1)CN(C(=O)c1cccs1)NC(=O)O2. The van der Waals surface area contributed by atoms with E-state index in [1.54, 1.807) is 6.07 Å². The normalized spacial score (nSPS) is 19.7. The van der Waals surface area contributed by atoms with Gasteiger partial charge in [-0.15, -0.1) is 11.3 Å². The van der Waals surface area contributed by atoms with Gasteiger partial charge in [0, 0.05) is 50.4 Å². The van der Waals surface area contributed by atoms with Crippen LogP contribution in [0.25, 0.3) is 0 Å². The van der Waals surface area contributed by atoms with Gasteiger partial charge in [0.1, 0.15) is 5.60 Å². The van der Waals surface area contributed by atoms with Crippen molar-refractivity contribution in [2.45, 2.75) is 44.9 Å². The zero-order chi connectivity index (χ0) is 19.7. The first kappa shape index (κ1) is 19.0. The summed E-state index contributed by atoms with van der Waals surface area (Å²) in [5.41, 5.74) is 3.24. The summed E-state index contributed by atoms with van der Waals surface area (Å²) in [6.07, 6.45) is 3.01. The van der Waals surface area contributed by atoms with E-state index in [9.17, 15) is 9.59 Å². The maximum atomic E-state index is 12.7. The predicted molar refractivity (Wildman–Crippen MR) is 107 cm³/mol. The van der Waals surface area contributed by atoms with Crippen molar-refractivity contribution in [3.8, 4) is 0 Å². The number of nitrogens with zero attached hydrogens (tertiary/aromatic N) is 3. The number of likely N-dealkylation sites (tertiary alicyclic amines) is 1. The second kappa shape index (κ2) is 7.60. The molecule has 2 aliphatic heterocycles. The number of carbonyl (C=O) groups excluding carboxylic acids is 2. The summed E-state index contributed by atoms with van der Waals surface area (Å²) in [7, 11) is 0. The molecule has 28 heavy (non-hydrogen) atoms. The van der Waals surface area contributed by atoms with E-state index in [-0.39, 0.29) is 5.91 Å². The van der Waals surface area contributed by atoms with Crippen LogP contribution in [0.5, 0.6) is 0 Å². The molecule has 2 amide bonds. The highest BCUT2D eigenvalue weighted by Crippen LogP contribution is 2.31. The lowest BCUT2D eigenvalue weighted by Gasteiger charge is -2.46. The highest BCUT2D eigenvalue weighted by molar-refractivity contribution is 7.12. The monoisotopic (exact) mass is 402 g/mol. The van der Waals surface area contributed by atoms with E-state index in [0.29, 0.717) is 17.5 Å². The molecule has 0 saturated carbocycles. The van der Waals surface area contributed by atoms with Gasteiger partial charge in [0.25, 0.3) is 5.91 Å². The third kappa shape index (κ3) is 3.79. The molecule has 2 aromatic heterocycles. The van der Waals surface area contributed by atoms with Gasteiger partial charge in [-0.1, -0.05) is 6.07 Å². The van der Waals surface area contributed by atoms with Gasteiger partial charge < -0.3 is 9.30 Å². The van der Waals surface area contributed by atoms with Gasteiger partial charge in [0.05, 0.1) is 11.4 Å². The fraction of sp³-hybridized carbons (Fsp3) is 0.500. The van der Waals surface area contributed by atoms with Gasteiger partial charge in [-0.25, -0.2) is 15.2 Å². The molecule has 0 bridgehead atoms. The smallest absolute Gasteiger partial charge is 0.426 e. The standard InChI is InChI=1S/C20H26N4O3S/c1-15(2)23-9-3-5-16(23)13-22-10-7-20(8-11-22)14-24(21-19(26)27-20)18(25)17-6-4-12-28-17/h3-6,9,12,15H,7-8,10-11,13-14H2,1-2H3,(H,21,26). The fourth-order valence-electron chi connectivity index (χ4n) is 4.02. The second-order valence-corrected chi connectivity index (χ2v) is 8.78. The van der Waals surface area contributed by atoms with Gasteiger partial charge in [-0.2, -0.15) is 0 Å². The van der Waals surface area contributed by atoms with Crippen LogP contribution in [-0.4, -0.2) is 51.7 Å². The molecule has 0 aromatic carbocycles. The number of piperidine rings is 1. The van der Waals surface area contributed by atoms with Crippen molar-refractivity contribution in [1.29, 1.82) is 0 Å². The number of nitrogens with one attached hydrogen (secondary N) is 1. The molecule has 0 atom stereocenters. The molecule has 2 aromatic rings. The molecule has 2 saturated heterocycles. The van der Waals surface area contributed by atoms with Crippen LogP contribution in [0.4, 0.5) is 4.79 Å². The zero-order valence-corrected chi connectivity index (χ0v) is 17.1. The number of aromatic nitrogens is 1. The molecule has 0 aliphatic carbocycles. The Labute approximate surface area is 168 Å². The summed E-state index contributed by atoms with van der Waals surface area (Å²) in [6, 6.07) is 8.29. The number of rotatable bonds is 4. The predicted octanol–water partition coefficient (Wildman–Crippen LogP) is 3.26. The van der Waals surface area contributed by atoms with Crippen molar-refractivity contribution in [1.82, 2.24) is 19.9 Å². The van der Waals surface area contributed by atoms with Crippen molar-refractivity contribution >= 4 is 23.3 Å². The zero-order valence-electron chi connectivity index (χ0n) is 16.3. The van der Waals surface area contributed by atoms with E-state index in [1.807, 2.05) is 11.4 Å². The summed E-state index contributed by atoms with van der Waals surface area (Å²) in [5.74, 6) is -0.178. The van der Waals surface area contributed by atoms with Crippen LogP contribution in [0.15, 0.2) is 35.8 Å². The number of thiophene rings is 1. The Morgan fingerprint density at radius 1 is 1.29 bits per heavy atom. The maximum absolute atomic E-state index is 12.7. The molecule has 0 radical (unpaired) electrons. The molecule has 0 unspecified atom stereocenters. The minimum atomic E-state index is -0.605. The van der Waals surface area contributed by atoms with E-state index in [4.69, 9.17) is 4.74 Å². The highest BCUT2D eigenvalue weighted by Gasteiger charge is 2.45. The Morgan fingerprint density at radius 3 is 2.75 bits per heavy atom. The topological polar surface area (TPSA) is 66.8 Å². The Hall–Kier alpha value is -2.32.